The minimum absolute atomic E-state index is 0.288. The lowest BCUT2D eigenvalue weighted by molar-refractivity contribution is 0.0599. The van der Waals surface area contributed by atoms with Gasteiger partial charge in [0.15, 0.2) is 0 Å². The van der Waals surface area contributed by atoms with E-state index >= 15 is 0 Å². The SMILES string of the molecule is COC(=O)c1cc(CC2CCN(c3ccccc3C#N)CC2)c(Br)cc1C. The molecule has 0 saturated carbocycles. The number of esters is 1. The second-order valence-electron chi connectivity index (χ2n) is 7.01. The zero-order valence-corrected chi connectivity index (χ0v) is 17.3. The van der Waals surface area contributed by atoms with Crippen LogP contribution in [0, 0.1) is 24.2 Å². The van der Waals surface area contributed by atoms with Gasteiger partial charge in [-0.3, -0.25) is 0 Å². The quantitative estimate of drug-likeness (QED) is 0.653. The van der Waals surface area contributed by atoms with Crippen LogP contribution in [0.25, 0.3) is 0 Å². The van der Waals surface area contributed by atoms with E-state index in [0.717, 1.165) is 59.2 Å². The van der Waals surface area contributed by atoms with E-state index in [1.807, 2.05) is 43.3 Å². The van der Waals surface area contributed by atoms with Crippen molar-refractivity contribution in [2.24, 2.45) is 5.92 Å². The van der Waals surface area contributed by atoms with Gasteiger partial charge in [-0.1, -0.05) is 28.1 Å². The first-order valence-electron chi connectivity index (χ1n) is 9.15. The van der Waals surface area contributed by atoms with Gasteiger partial charge in [0.2, 0.25) is 0 Å². The lowest BCUT2D eigenvalue weighted by atomic mass is 9.88. The summed E-state index contributed by atoms with van der Waals surface area (Å²) in [6.45, 7) is 3.80. The predicted octanol–water partition coefficient (Wildman–Crippen LogP) is 4.87. The number of anilines is 1. The standard InChI is InChI=1S/C22H23BrN2O2/c1-15-11-20(23)18(13-19(15)22(26)27-2)12-16-7-9-25(10-8-16)21-6-4-3-5-17(21)14-24/h3-6,11,13,16H,7-10,12H2,1-2H3. The molecule has 0 spiro atoms. The summed E-state index contributed by atoms with van der Waals surface area (Å²) < 4.78 is 5.95. The summed E-state index contributed by atoms with van der Waals surface area (Å²) in [6, 6.07) is 14.0. The molecule has 0 bridgehead atoms. The molecule has 1 aliphatic rings. The van der Waals surface area contributed by atoms with E-state index in [9.17, 15) is 10.1 Å². The maximum absolute atomic E-state index is 12.0. The van der Waals surface area contributed by atoms with Gasteiger partial charge in [-0.25, -0.2) is 4.79 Å². The predicted molar refractivity (Wildman–Crippen MR) is 110 cm³/mol. The van der Waals surface area contributed by atoms with Crippen molar-refractivity contribution in [3.8, 4) is 6.07 Å². The number of piperidine rings is 1. The molecule has 0 aromatic heterocycles. The maximum atomic E-state index is 12.0. The number of hydrogen-bond acceptors (Lipinski definition) is 4. The molecule has 0 N–H and O–H groups in total. The number of nitrogens with zero attached hydrogens (tertiary/aromatic N) is 2. The molecule has 1 saturated heterocycles. The fourth-order valence-corrected chi connectivity index (χ4v) is 4.36. The Hall–Kier alpha value is -2.32. The molecule has 1 aliphatic heterocycles. The molecule has 27 heavy (non-hydrogen) atoms. The molecule has 5 heteroatoms. The number of rotatable bonds is 4. The van der Waals surface area contributed by atoms with E-state index in [1.54, 1.807) is 0 Å². The van der Waals surface area contributed by atoms with E-state index in [1.165, 1.54) is 7.11 Å². The monoisotopic (exact) mass is 426 g/mol. The highest BCUT2D eigenvalue weighted by atomic mass is 79.9. The van der Waals surface area contributed by atoms with Crippen LogP contribution in [0.5, 0.6) is 0 Å². The van der Waals surface area contributed by atoms with Gasteiger partial charge < -0.3 is 9.64 Å². The highest BCUT2D eigenvalue weighted by Crippen LogP contribution is 2.31. The van der Waals surface area contributed by atoms with Gasteiger partial charge in [0, 0.05) is 17.6 Å². The number of ether oxygens (including phenoxy) is 1. The van der Waals surface area contributed by atoms with Crippen molar-refractivity contribution in [1.29, 1.82) is 5.26 Å². The summed E-state index contributed by atoms with van der Waals surface area (Å²) in [5.74, 6) is 0.268. The lowest BCUT2D eigenvalue weighted by Gasteiger charge is -2.34. The third-order valence-electron chi connectivity index (χ3n) is 5.29. The summed E-state index contributed by atoms with van der Waals surface area (Å²) >= 11 is 3.65. The van der Waals surface area contributed by atoms with Crippen LogP contribution in [-0.4, -0.2) is 26.2 Å². The maximum Gasteiger partial charge on any atom is 0.338 e. The van der Waals surface area contributed by atoms with Gasteiger partial charge in [-0.2, -0.15) is 5.26 Å². The fourth-order valence-electron chi connectivity index (χ4n) is 3.74. The molecular weight excluding hydrogens is 404 g/mol. The minimum Gasteiger partial charge on any atom is -0.465 e. The second kappa shape index (κ2) is 8.58. The Bertz CT molecular complexity index is 880. The van der Waals surface area contributed by atoms with Crippen molar-refractivity contribution in [1.82, 2.24) is 0 Å². The summed E-state index contributed by atoms with van der Waals surface area (Å²) in [4.78, 5) is 14.3. The molecule has 1 heterocycles. The summed E-state index contributed by atoms with van der Waals surface area (Å²) in [5, 5.41) is 9.32. The van der Waals surface area contributed by atoms with Gasteiger partial charge >= 0.3 is 5.97 Å². The number of hydrogen-bond donors (Lipinski definition) is 0. The van der Waals surface area contributed by atoms with Crippen LogP contribution in [0.4, 0.5) is 5.69 Å². The summed E-state index contributed by atoms with van der Waals surface area (Å²) in [5.41, 5.74) is 4.47. The zero-order valence-electron chi connectivity index (χ0n) is 15.7. The number of benzene rings is 2. The fraction of sp³-hybridized carbons (Fsp3) is 0.364. The Kier molecular flexibility index (Phi) is 6.18. The number of aryl methyl sites for hydroxylation is 1. The molecule has 4 nitrogen and oxygen atoms in total. The van der Waals surface area contributed by atoms with Crippen LogP contribution in [0.2, 0.25) is 0 Å². The first-order valence-corrected chi connectivity index (χ1v) is 9.94. The van der Waals surface area contributed by atoms with E-state index < -0.39 is 0 Å². The van der Waals surface area contributed by atoms with Crippen molar-refractivity contribution >= 4 is 27.6 Å². The molecule has 0 radical (unpaired) electrons. The summed E-state index contributed by atoms with van der Waals surface area (Å²) in [7, 11) is 1.41. The number of carbonyl (C=O) groups is 1. The average Bonchev–Trinajstić information content (AvgIpc) is 2.70. The Labute approximate surface area is 168 Å². The van der Waals surface area contributed by atoms with Crippen molar-refractivity contribution in [2.45, 2.75) is 26.2 Å². The minimum atomic E-state index is -0.288. The molecule has 3 rings (SSSR count). The lowest BCUT2D eigenvalue weighted by Crippen LogP contribution is -2.34. The third-order valence-corrected chi connectivity index (χ3v) is 6.03. The van der Waals surface area contributed by atoms with Crippen LogP contribution in [0.3, 0.4) is 0 Å². The number of carbonyl (C=O) groups excluding carboxylic acids is 1. The number of halogens is 1. The van der Waals surface area contributed by atoms with Gasteiger partial charge in [0.05, 0.1) is 23.9 Å². The Morgan fingerprint density at radius 1 is 1.30 bits per heavy atom. The molecule has 0 unspecified atom stereocenters. The molecule has 0 atom stereocenters. The van der Waals surface area contributed by atoms with Crippen LogP contribution in [0.1, 0.15) is 39.9 Å². The molecule has 2 aromatic rings. The van der Waals surface area contributed by atoms with Crippen LogP contribution < -0.4 is 4.90 Å². The molecule has 140 valence electrons. The first-order chi connectivity index (χ1) is 13.0. The molecule has 2 aromatic carbocycles. The van der Waals surface area contributed by atoms with E-state index in [-0.39, 0.29) is 5.97 Å². The van der Waals surface area contributed by atoms with Crippen LogP contribution in [0.15, 0.2) is 40.9 Å². The molecule has 0 amide bonds. The van der Waals surface area contributed by atoms with Crippen molar-refractivity contribution in [3.63, 3.8) is 0 Å². The molecular formula is C22H23BrN2O2. The zero-order chi connectivity index (χ0) is 19.4. The Balaban J connectivity index is 1.69. The largest absolute Gasteiger partial charge is 0.465 e. The Morgan fingerprint density at radius 3 is 2.67 bits per heavy atom. The van der Waals surface area contributed by atoms with Crippen molar-refractivity contribution in [2.75, 3.05) is 25.1 Å². The highest BCUT2D eigenvalue weighted by Gasteiger charge is 2.23. The van der Waals surface area contributed by atoms with Crippen molar-refractivity contribution < 1.29 is 9.53 Å². The van der Waals surface area contributed by atoms with Gasteiger partial charge in [-0.15, -0.1) is 0 Å². The van der Waals surface area contributed by atoms with Crippen LogP contribution >= 0.6 is 15.9 Å². The Morgan fingerprint density at radius 2 is 2.00 bits per heavy atom. The average molecular weight is 427 g/mol. The van der Waals surface area contributed by atoms with Crippen molar-refractivity contribution in [3.05, 3.63) is 63.1 Å². The number of methoxy groups -OCH3 is 1. The van der Waals surface area contributed by atoms with Crippen LogP contribution in [-0.2, 0) is 11.2 Å². The second-order valence-corrected chi connectivity index (χ2v) is 7.87. The van der Waals surface area contributed by atoms with Gasteiger partial charge in [-0.05, 0) is 67.5 Å². The van der Waals surface area contributed by atoms with Gasteiger partial charge in [0.25, 0.3) is 0 Å². The molecule has 1 fully saturated rings. The number of para-hydroxylation sites is 1. The third kappa shape index (κ3) is 4.33. The van der Waals surface area contributed by atoms with E-state index in [2.05, 4.69) is 26.9 Å². The topological polar surface area (TPSA) is 53.3 Å². The smallest absolute Gasteiger partial charge is 0.338 e. The van der Waals surface area contributed by atoms with E-state index in [4.69, 9.17) is 4.74 Å². The van der Waals surface area contributed by atoms with Gasteiger partial charge in [0.1, 0.15) is 6.07 Å². The number of nitriles is 1. The first kappa shape index (κ1) is 19.4. The van der Waals surface area contributed by atoms with E-state index in [0.29, 0.717) is 11.5 Å². The normalized spacial score (nSPS) is 14.7. The highest BCUT2D eigenvalue weighted by molar-refractivity contribution is 9.10. The molecule has 0 aliphatic carbocycles. The summed E-state index contributed by atoms with van der Waals surface area (Å²) in [6.07, 6.45) is 3.06.